The summed E-state index contributed by atoms with van der Waals surface area (Å²) in [5, 5.41) is 18.9. The maximum Gasteiger partial charge on any atom is 0.257 e. The molecule has 8 nitrogen and oxygen atoms in total. The van der Waals surface area contributed by atoms with E-state index in [0.29, 0.717) is 39.9 Å². The van der Waals surface area contributed by atoms with Crippen molar-refractivity contribution >= 4 is 29.0 Å². The zero-order valence-electron chi connectivity index (χ0n) is 17.6. The molecule has 0 bridgehead atoms. The van der Waals surface area contributed by atoms with Gasteiger partial charge in [0.05, 0.1) is 17.6 Å². The van der Waals surface area contributed by atoms with Crippen molar-refractivity contribution in [2.24, 2.45) is 0 Å². The molecular formula is C24H19ClN6O2. The van der Waals surface area contributed by atoms with Gasteiger partial charge in [-0.3, -0.25) is 4.98 Å². The maximum atomic E-state index is 10.9. The molecule has 5 aromatic rings. The number of hydrogen-bond acceptors (Lipinski definition) is 7. The van der Waals surface area contributed by atoms with Crippen LogP contribution in [0, 0.1) is 6.92 Å². The Morgan fingerprint density at radius 2 is 1.91 bits per heavy atom. The topological polar surface area (TPSA) is 97.5 Å². The van der Waals surface area contributed by atoms with Gasteiger partial charge in [0.1, 0.15) is 5.75 Å². The van der Waals surface area contributed by atoms with Crippen LogP contribution in [0.1, 0.15) is 16.8 Å². The van der Waals surface area contributed by atoms with Crippen molar-refractivity contribution in [1.29, 1.82) is 0 Å². The third kappa shape index (κ3) is 4.42. The van der Waals surface area contributed by atoms with Crippen molar-refractivity contribution in [3.8, 4) is 17.4 Å². The number of nitrogens with zero attached hydrogens (tertiary/aromatic N) is 5. The molecule has 0 unspecified atom stereocenters. The summed E-state index contributed by atoms with van der Waals surface area (Å²) >= 11 is 6.20. The van der Waals surface area contributed by atoms with Crippen molar-refractivity contribution in [3.63, 3.8) is 0 Å². The molecule has 164 valence electrons. The molecule has 0 amide bonds. The Kier molecular flexibility index (Phi) is 5.50. The number of benzene rings is 2. The monoisotopic (exact) mass is 458 g/mol. The van der Waals surface area contributed by atoms with Gasteiger partial charge in [0.2, 0.25) is 11.8 Å². The van der Waals surface area contributed by atoms with E-state index >= 15 is 0 Å². The summed E-state index contributed by atoms with van der Waals surface area (Å²) in [4.78, 5) is 13.0. The Bertz CT molecular complexity index is 1420. The van der Waals surface area contributed by atoms with E-state index in [1.165, 1.54) is 4.52 Å². The fourth-order valence-electron chi connectivity index (χ4n) is 3.43. The molecule has 0 radical (unpaired) electrons. The van der Waals surface area contributed by atoms with Gasteiger partial charge in [-0.25, -0.2) is 4.98 Å². The molecule has 0 spiro atoms. The lowest BCUT2D eigenvalue weighted by Crippen LogP contribution is -2.02. The van der Waals surface area contributed by atoms with Gasteiger partial charge in [0.25, 0.3) is 5.78 Å². The van der Waals surface area contributed by atoms with Crippen LogP contribution in [-0.2, 0) is 6.42 Å². The number of ether oxygens (including phenoxy) is 1. The molecule has 0 atom stereocenters. The molecule has 0 aliphatic rings. The number of aromatic hydroxyl groups is 1. The average Bonchev–Trinajstić information content (AvgIpc) is 3.22. The fourth-order valence-corrected chi connectivity index (χ4v) is 3.60. The minimum atomic E-state index is -0.000157. The first-order valence-electron chi connectivity index (χ1n) is 10.2. The van der Waals surface area contributed by atoms with E-state index in [1.807, 2.05) is 37.3 Å². The van der Waals surface area contributed by atoms with Gasteiger partial charge in [-0.1, -0.05) is 41.9 Å². The van der Waals surface area contributed by atoms with E-state index in [4.69, 9.17) is 16.3 Å². The van der Waals surface area contributed by atoms with Gasteiger partial charge < -0.3 is 15.2 Å². The smallest absolute Gasteiger partial charge is 0.257 e. The Morgan fingerprint density at radius 1 is 1.06 bits per heavy atom. The second-order valence-electron chi connectivity index (χ2n) is 7.37. The molecule has 0 saturated heterocycles. The molecule has 5 rings (SSSR count). The Balaban J connectivity index is 1.48. The van der Waals surface area contributed by atoms with Crippen LogP contribution >= 0.6 is 11.6 Å². The molecule has 0 saturated carbocycles. The zero-order chi connectivity index (χ0) is 22.8. The van der Waals surface area contributed by atoms with Gasteiger partial charge in [-0.15, -0.1) is 5.10 Å². The van der Waals surface area contributed by atoms with Crippen LogP contribution in [0.5, 0.6) is 17.4 Å². The van der Waals surface area contributed by atoms with Crippen LogP contribution in [0.3, 0.4) is 0 Å². The first-order chi connectivity index (χ1) is 16.1. The van der Waals surface area contributed by atoms with Crippen molar-refractivity contribution < 1.29 is 9.84 Å². The molecule has 0 fully saturated rings. The minimum Gasteiger partial charge on any atom is -0.493 e. The maximum absolute atomic E-state index is 10.9. The second-order valence-corrected chi connectivity index (χ2v) is 7.80. The van der Waals surface area contributed by atoms with Gasteiger partial charge in [0.15, 0.2) is 5.75 Å². The van der Waals surface area contributed by atoms with E-state index < -0.39 is 0 Å². The normalized spacial score (nSPS) is 11.0. The highest BCUT2D eigenvalue weighted by Crippen LogP contribution is 2.33. The number of aryl methyl sites for hydroxylation is 1. The van der Waals surface area contributed by atoms with E-state index in [2.05, 4.69) is 25.4 Å². The lowest BCUT2D eigenvalue weighted by molar-refractivity contribution is 0.428. The summed E-state index contributed by atoms with van der Waals surface area (Å²) in [6.07, 6.45) is 3.81. The van der Waals surface area contributed by atoms with Crippen molar-refractivity contribution in [1.82, 2.24) is 24.6 Å². The van der Waals surface area contributed by atoms with Crippen molar-refractivity contribution in [3.05, 3.63) is 94.9 Å². The SMILES string of the molecule is Cc1nc2nc(Nc3cc(Cl)ccc3Oc3cccnc3)nn2c(O)c1Cc1ccccc1. The summed E-state index contributed by atoms with van der Waals surface area (Å²) in [7, 11) is 0. The average molecular weight is 459 g/mol. The lowest BCUT2D eigenvalue weighted by Gasteiger charge is -2.11. The van der Waals surface area contributed by atoms with Crippen LogP contribution in [0.15, 0.2) is 73.1 Å². The number of nitrogens with one attached hydrogen (secondary N) is 1. The Labute approximate surface area is 194 Å². The minimum absolute atomic E-state index is 0.000157. The first-order valence-corrected chi connectivity index (χ1v) is 10.6. The van der Waals surface area contributed by atoms with Gasteiger partial charge >= 0.3 is 0 Å². The number of anilines is 2. The summed E-state index contributed by atoms with van der Waals surface area (Å²) < 4.78 is 7.25. The van der Waals surface area contributed by atoms with Crippen molar-refractivity contribution in [2.75, 3.05) is 5.32 Å². The number of aromatic nitrogens is 5. The number of fused-ring (bicyclic) bond motifs is 1. The fraction of sp³-hybridized carbons (Fsp3) is 0.0833. The van der Waals surface area contributed by atoms with Gasteiger partial charge in [-0.2, -0.15) is 9.50 Å². The van der Waals surface area contributed by atoms with E-state index in [0.717, 1.165) is 5.56 Å². The summed E-state index contributed by atoms with van der Waals surface area (Å²) in [5.41, 5.74) is 2.99. The predicted octanol–water partition coefficient (Wildman–Crippen LogP) is 5.31. The highest BCUT2D eigenvalue weighted by molar-refractivity contribution is 6.31. The van der Waals surface area contributed by atoms with Crippen LogP contribution in [0.25, 0.3) is 5.78 Å². The third-order valence-corrected chi connectivity index (χ3v) is 5.27. The van der Waals surface area contributed by atoms with E-state index in [1.54, 1.807) is 42.7 Å². The second kappa shape index (κ2) is 8.76. The molecule has 33 heavy (non-hydrogen) atoms. The standard InChI is InChI=1S/C24H19ClN6O2/c1-15-19(12-16-6-3-2-4-7-16)22(32)31-24(27-15)29-23(30-31)28-20-13-17(25)9-10-21(20)33-18-8-5-11-26-14-18/h2-11,13-14,32H,12H2,1H3,(H,28,30). The summed E-state index contributed by atoms with van der Waals surface area (Å²) in [5.74, 6) is 1.61. The summed E-state index contributed by atoms with van der Waals surface area (Å²) in [6, 6.07) is 18.6. The molecule has 9 heteroatoms. The highest BCUT2D eigenvalue weighted by atomic mass is 35.5. The predicted molar refractivity (Wildman–Crippen MR) is 125 cm³/mol. The lowest BCUT2D eigenvalue weighted by atomic mass is 10.1. The summed E-state index contributed by atoms with van der Waals surface area (Å²) in [6.45, 7) is 1.84. The highest BCUT2D eigenvalue weighted by Gasteiger charge is 2.17. The molecule has 0 aliphatic carbocycles. The Morgan fingerprint density at radius 3 is 2.70 bits per heavy atom. The van der Waals surface area contributed by atoms with Crippen LogP contribution in [0.2, 0.25) is 5.02 Å². The Hall–Kier alpha value is -4.17. The quantitative estimate of drug-likeness (QED) is 0.355. The van der Waals surface area contributed by atoms with Crippen LogP contribution in [0.4, 0.5) is 11.6 Å². The van der Waals surface area contributed by atoms with Crippen LogP contribution < -0.4 is 10.1 Å². The first kappa shape index (κ1) is 20.7. The number of rotatable bonds is 6. The molecular weight excluding hydrogens is 440 g/mol. The number of halogens is 1. The largest absolute Gasteiger partial charge is 0.493 e. The van der Waals surface area contributed by atoms with E-state index in [9.17, 15) is 5.11 Å². The van der Waals surface area contributed by atoms with Crippen LogP contribution in [-0.4, -0.2) is 29.7 Å². The van der Waals surface area contributed by atoms with Gasteiger partial charge in [0, 0.05) is 23.2 Å². The van der Waals surface area contributed by atoms with E-state index in [-0.39, 0.29) is 17.6 Å². The van der Waals surface area contributed by atoms with Gasteiger partial charge in [-0.05, 0) is 42.8 Å². The molecule has 2 N–H and O–H groups in total. The number of hydrogen-bond donors (Lipinski definition) is 2. The van der Waals surface area contributed by atoms with Crippen molar-refractivity contribution in [2.45, 2.75) is 13.3 Å². The third-order valence-electron chi connectivity index (χ3n) is 5.04. The molecule has 3 aromatic heterocycles. The molecule has 0 aliphatic heterocycles. The number of pyridine rings is 1. The molecule has 2 aromatic carbocycles. The zero-order valence-corrected chi connectivity index (χ0v) is 18.4. The molecule has 3 heterocycles.